The minimum Gasteiger partial charge on any atom is -0.512 e. The van der Waals surface area contributed by atoms with Crippen molar-refractivity contribution >= 4 is 5.78 Å². The monoisotopic (exact) mass is 759 g/mol. The van der Waals surface area contributed by atoms with Gasteiger partial charge in [-0.1, -0.05) is 100.0 Å². The molecule has 0 unspecified atom stereocenters. The summed E-state index contributed by atoms with van der Waals surface area (Å²) in [5.74, 6) is -0.0625. The van der Waals surface area contributed by atoms with Crippen LogP contribution in [-0.2, 0) is 36.7 Å². The molecule has 1 aliphatic rings. The van der Waals surface area contributed by atoms with E-state index in [1.54, 1.807) is 0 Å². The van der Waals surface area contributed by atoms with Crippen LogP contribution >= 0.6 is 0 Å². The van der Waals surface area contributed by atoms with E-state index >= 15 is 0 Å². The van der Waals surface area contributed by atoms with E-state index in [4.69, 9.17) is 10.1 Å². The molecule has 0 radical (unpaired) electrons. The fourth-order valence-corrected chi connectivity index (χ4v) is 5.81. The summed E-state index contributed by atoms with van der Waals surface area (Å²) >= 11 is 0. The number of hydrogen-bond donors (Lipinski definition) is 1. The van der Waals surface area contributed by atoms with Crippen molar-refractivity contribution in [1.82, 2.24) is 4.98 Å². The number of carbonyl (C=O) groups excluding carboxylic acids is 1. The van der Waals surface area contributed by atoms with Gasteiger partial charge in [0.05, 0.1) is 5.76 Å². The van der Waals surface area contributed by atoms with Gasteiger partial charge in [-0.2, -0.15) is 0 Å². The second-order valence-electron chi connectivity index (χ2n) is 12.3. The summed E-state index contributed by atoms with van der Waals surface area (Å²) in [6, 6.07) is 40.3. The number of hydrogen-bond acceptors (Lipinski definition) is 3. The SMILES string of the molecule is CC(=O)/C=C(/C)O.CC1(C)c2ccc[c-]c2-c2ncc(-c3cc(-c4ccccc4)cc(-c4ccccc4)c3)cc2C1(C)C.[Pt]. The van der Waals surface area contributed by atoms with E-state index in [1.807, 2.05) is 12.3 Å². The van der Waals surface area contributed by atoms with Gasteiger partial charge in [0.25, 0.3) is 0 Å². The second kappa shape index (κ2) is 13.3. The number of pyridine rings is 1. The third-order valence-electron chi connectivity index (χ3n) is 8.78. The molecule has 3 nitrogen and oxygen atoms in total. The molecule has 0 bridgehead atoms. The number of carbonyl (C=O) groups is 1. The van der Waals surface area contributed by atoms with Crippen LogP contribution in [0.5, 0.6) is 0 Å². The molecule has 1 N–H and O–H groups in total. The molecule has 0 aliphatic heterocycles. The first-order valence-corrected chi connectivity index (χ1v) is 14.7. The van der Waals surface area contributed by atoms with Crippen molar-refractivity contribution in [3.63, 3.8) is 0 Å². The van der Waals surface area contributed by atoms with E-state index in [-0.39, 0.29) is 43.4 Å². The Bertz CT molecular complexity index is 1740. The standard InChI is InChI=1S/C35H30N.C5H8O2.Pt/c1-34(2)31-18-12-11-17-30(31)33-32(35(34,3)4)22-29(23-36-33)28-20-26(24-13-7-5-8-14-24)19-27(21-28)25-15-9-6-10-16-25;1-4(6)3-5(2)7;/h5-16,18-23H,1-4H3;3,6H,1-2H3;/q-1;;/b;4-3-;. The Morgan fingerprint density at radius 2 is 1.18 bits per heavy atom. The molecule has 226 valence electrons. The van der Waals surface area contributed by atoms with E-state index in [0.29, 0.717) is 0 Å². The first kappa shape index (κ1) is 32.8. The zero-order valence-electron chi connectivity index (χ0n) is 26.1. The first-order chi connectivity index (χ1) is 20.5. The normalized spacial score (nSPS) is 14.2. The summed E-state index contributed by atoms with van der Waals surface area (Å²) in [5.41, 5.74) is 11.8. The Morgan fingerprint density at radius 1 is 0.682 bits per heavy atom. The average Bonchev–Trinajstić information content (AvgIpc) is 3.00. The van der Waals surface area contributed by atoms with Gasteiger partial charge in [0, 0.05) is 33.3 Å². The molecule has 0 amide bonds. The van der Waals surface area contributed by atoms with Crippen LogP contribution < -0.4 is 0 Å². The molecule has 4 heteroatoms. The Labute approximate surface area is 276 Å². The topological polar surface area (TPSA) is 50.2 Å². The predicted molar refractivity (Wildman–Crippen MR) is 178 cm³/mol. The van der Waals surface area contributed by atoms with Gasteiger partial charge < -0.3 is 10.1 Å². The molecular formula is C40H38NO2Pt-. The summed E-state index contributed by atoms with van der Waals surface area (Å²) < 4.78 is 0. The number of benzene rings is 4. The largest absolute Gasteiger partial charge is 0.512 e. The fourth-order valence-electron chi connectivity index (χ4n) is 5.81. The van der Waals surface area contributed by atoms with Crippen molar-refractivity contribution in [2.24, 2.45) is 0 Å². The Balaban J connectivity index is 0.000000497. The molecule has 5 aromatic rings. The van der Waals surface area contributed by atoms with Crippen molar-refractivity contribution < 1.29 is 31.0 Å². The molecule has 6 rings (SSSR count). The zero-order valence-corrected chi connectivity index (χ0v) is 28.4. The molecule has 1 aliphatic carbocycles. The number of rotatable bonds is 4. The minimum atomic E-state index is -0.125. The maximum atomic E-state index is 10.0. The first-order valence-electron chi connectivity index (χ1n) is 14.7. The fraction of sp³-hybridized carbons (Fsp3) is 0.200. The second-order valence-corrected chi connectivity index (χ2v) is 12.3. The molecule has 0 fully saturated rings. The molecular weight excluding hydrogens is 722 g/mol. The quantitative estimate of drug-likeness (QED) is 0.113. The summed E-state index contributed by atoms with van der Waals surface area (Å²) in [4.78, 5) is 15.1. The molecule has 0 spiro atoms. The third kappa shape index (κ3) is 6.54. The Morgan fingerprint density at radius 3 is 1.66 bits per heavy atom. The van der Waals surface area contributed by atoms with Crippen LogP contribution in [0.15, 0.2) is 121 Å². The number of allylic oxidation sites excluding steroid dienone is 2. The Kier molecular flexibility index (Phi) is 9.91. The van der Waals surface area contributed by atoms with Crippen molar-refractivity contribution in [1.29, 1.82) is 0 Å². The van der Waals surface area contributed by atoms with Crippen molar-refractivity contribution in [2.45, 2.75) is 52.4 Å². The molecule has 0 saturated heterocycles. The van der Waals surface area contributed by atoms with Crippen LogP contribution in [0.25, 0.3) is 44.6 Å². The predicted octanol–water partition coefficient (Wildman–Crippen LogP) is 10.2. The molecule has 1 aromatic heterocycles. The number of aliphatic hydroxyl groups is 1. The van der Waals surface area contributed by atoms with Gasteiger partial charge in [-0.15, -0.1) is 35.4 Å². The van der Waals surface area contributed by atoms with Crippen molar-refractivity contribution in [3.05, 3.63) is 138 Å². The van der Waals surface area contributed by atoms with Gasteiger partial charge in [-0.05, 0) is 82.0 Å². The molecule has 0 saturated carbocycles. The number of nitrogens with zero attached hydrogens (tertiary/aromatic N) is 1. The van der Waals surface area contributed by atoms with E-state index in [2.05, 4.69) is 131 Å². The van der Waals surface area contributed by atoms with Crippen LogP contribution in [-0.4, -0.2) is 15.9 Å². The smallest absolute Gasteiger partial charge is 0.155 e. The summed E-state index contributed by atoms with van der Waals surface area (Å²) in [6.07, 6.45) is 3.21. The maximum absolute atomic E-state index is 10.0. The summed E-state index contributed by atoms with van der Waals surface area (Å²) in [6.45, 7) is 12.2. The van der Waals surface area contributed by atoms with Crippen molar-refractivity contribution in [3.8, 4) is 44.6 Å². The Hall–Kier alpha value is -4.07. The van der Waals surface area contributed by atoms with Crippen molar-refractivity contribution in [2.75, 3.05) is 0 Å². The van der Waals surface area contributed by atoms with Crippen LogP contribution in [0.4, 0.5) is 0 Å². The number of aromatic nitrogens is 1. The van der Waals surface area contributed by atoms with Crippen LogP contribution in [0.2, 0.25) is 0 Å². The van der Waals surface area contributed by atoms with E-state index in [9.17, 15) is 4.79 Å². The summed E-state index contributed by atoms with van der Waals surface area (Å²) in [7, 11) is 0. The maximum Gasteiger partial charge on any atom is 0.155 e. The third-order valence-corrected chi connectivity index (χ3v) is 8.78. The number of aliphatic hydroxyl groups excluding tert-OH is 1. The van der Waals surface area contributed by atoms with E-state index in [0.717, 1.165) is 16.8 Å². The molecule has 1 heterocycles. The van der Waals surface area contributed by atoms with Crippen LogP contribution in [0, 0.1) is 6.07 Å². The van der Waals surface area contributed by atoms with Gasteiger partial charge in [0.2, 0.25) is 0 Å². The van der Waals surface area contributed by atoms with Gasteiger partial charge in [-0.25, -0.2) is 0 Å². The van der Waals surface area contributed by atoms with Crippen LogP contribution in [0.3, 0.4) is 0 Å². The zero-order chi connectivity index (χ0) is 30.8. The van der Waals surface area contributed by atoms with Gasteiger partial charge in [0.1, 0.15) is 0 Å². The summed E-state index contributed by atoms with van der Waals surface area (Å²) in [5, 5.41) is 8.36. The van der Waals surface area contributed by atoms with Gasteiger partial charge >= 0.3 is 0 Å². The minimum absolute atomic E-state index is 0. The average molecular weight is 760 g/mol. The van der Waals surface area contributed by atoms with E-state index < -0.39 is 0 Å². The molecule has 4 aromatic carbocycles. The van der Waals surface area contributed by atoms with E-state index in [1.165, 1.54) is 58.9 Å². The van der Waals surface area contributed by atoms with Gasteiger partial charge in [0.15, 0.2) is 5.78 Å². The number of fused-ring (bicyclic) bond motifs is 3. The van der Waals surface area contributed by atoms with Gasteiger partial charge in [-0.3, -0.25) is 4.79 Å². The number of ketones is 1. The molecule has 44 heavy (non-hydrogen) atoms. The molecule has 0 atom stereocenters. The van der Waals surface area contributed by atoms with Crippen LogP contribution in [0.1, 0.15) is 52.7 Å².